The number of nitrogens with one attached hydrogen (secondary N) is 1. The van der Waals surface area contributed by atoms with Crippen LogP contribution in [0.4, 0.5) is 11.4 Å². The van der Waals surface area contributed by atoms with E-state index >= 15 is 0 Å². The van der Waals surface area contributed by atoms with E-state index in [1.165, 1.54) is 12.1 Å². The molecule has 0 saturated carbocycles. The van der Waals surface area contributed by atoms with Gasteiger partial charge in [-0.05, 0) is 36.4 Å². The van der Waals surface area contributed by atoms with Crippen LogP contribution in [0, 0.1) is 20.2 Å². The van der Waals surface area contributed by atoms with Gasteiger partial charge in [0, 0.05) is 34.9 Å². The highest BCUT2D eigenvalue weighted by Crippen LogP contribution is 2.51. The van der Waals surface area contributed by atoms with E-state index in [0.717, 1.165) is 5.56 Å². The molecule has 10 heteroatoms. The average molecular weight is 474 g/mol. The molecule has 1 amide bonds. The number of hydrogen-bond acceptors (Lipinski definition) is 7. The zero-order valence-electron chi connectivity index (χ0n) is 18.8. The second-order valence-electron chi connectivity index (χ2n) is 8.77. The van der Waals surface area contributed by atoms with E-state index in [9.17, 15) is 25.0 Å². The quantitative estimate of drug-likeness (QED) is 0.426. The molecule has 0 radical (unpaired) electrons. The van der Waals surface area contributed by atoms with E-state index in [0.29, 0.717) is 29.1 Å². The number of para-hydroxylation sites is 1. The van der Waals surface area contributed by atoms with Crippen LogP contribution in [-0.4, -0.2) is 40.3 Å². The maximum atomic E-state index is 13.2. The zero-order chi connectivity index (χ0) is 24.7. The molecule has 2 heterocycles. The maximum Gasteiger partial charge on any atom is 0.269 e. The molecule has 3 aromatic rings. The van der Waals surface area contributed by atoms with Gasteiger partial charge in [0.15, 0.2) is 5.54 Å². The van der Waals surface area contributed by atoms with Crippen molar-refractivity contribution in [1.82, 2.24) is 4.90 Å². The third kappa shape index (κ3) is 3.58. The molecule has 1 spiro atoms. The Bertz CT molecular complexity index is 1330. The number of nitrogens with zero attached hydrogens (tertiary/aromatic N) is 3. The number of ether oxygens (including phenoxy) is 1. The van der Waals surface area contributed by atoms with E-state index in [1.54, 1.807) is 72.6 Å². The molecule has 0 bridgehead atoms. The van der Waals surface area contributed by atoms with Gasteiger partial charge in [0.25, 0.3) is 17.6 Å². The first-order valence-electron chi connectivity index (χ1n) is 11.0. The summed E-state index contributed by atoms with van der Waals surface area (Å²) in [7, 11) is 1.74. The normalized spacial score (nSPS) is 23.2. The Morgan fingerprint density at radius 3 is 2.51 bits per heavy atom. The van der Waals surface area contributed by atoms with E-state index in [4.69, 9.17) is 4.74 Å². The molecular formula is C25H22N4O6. The number of benzene rings is 3. The van der Waals surface area contributed by atoms with Crippen LogP contribution in [0.3, 0.4) is 0 Å². The lowest BCUT2D eigenvalue weighted by Crippen LogP contribution is -2.54. The molecular weight excluding hydrogens is 452 g/mol. The fourth-order valence-electron chi connectivity index (χ4n) is 5.32. The van der Waals surface area contributed by atoms with Crippen molar-refractivity contribution in [2.45, 2.75) is 24.1 Å². The topological polar surface area (TPSA) is 128 Å². The summed E-state index contributed by atoms with van der Waals surface area (Å²) < 4.78 is 5.77. The number of likely N-dealkylation sites (tertiary alicyclic amines) is 1. The number of likely N-dealkylation sites (N-methyl/N-ethyl adjacent to an activating group) is 1. The van der Waals surface area contributed by atoms with Crippen molar-refractivity contribution in [2.75, 3.05) is 18.9 Å². The Morgan fingerprint density at radius 2 is 1.80 bits per heavy atom. The minimum Gasteiger partial charge on any atom is -0.489 e. The minimum absolute atomic E-state index is 0.0101. The van der Waals surface area contributed by atoms with Gasteiger partial charge < -0.3 is 10.1 Å². The van der Waals surface area contributed by atoms with Crippen LogP contribution in [-0.2, 0) is 16.9 Å². The Hall–Kier alpha value is -4.31. The first-order valence-corrected chi connectivity index (χ1v) is 11.0. The number of carbonyl (C=O) groups is 1. The van der Waals surface area contributed by atoms with E-state index in [2.05, 4.69) is 5.32 Å². The van der Waals surface area contributed by atoms with E-state index < -0.39 is 22.4 Å². The highest BCUT2D eigenvalue weighted by atomic mass is 16.6. The van der Waals surface area contributed by atoms with Gasteiger partial charge in [0.2, 0.25) is 0 Å². The summed E-state index contributed by atoms with van der Waals surface area (Å²) in [6.07, 6.45) is 0. The largest absolute Gasteiger partial charge is 0.489 e. The van der Waals surface area contributed by atoms with Gasteiger partial charge in [0.05, 0.1) is 10.8 Å². The highest BCUT2D eigenvalue weighted by Gasteiger charge is 2.68. The van der Waals surface area contributed by atoms with Gasteiger partial charge in [0.1, 0.15) is 12.4 Å². The van der Waals surface area contributed by atoms with Crippen LogP contribution in [0.2, 0.25) is 0 Å². The maximum absolute atomic E-state index is 13.2. The lowest BCUT2D eigenvalue weighted by atomic mass is 9.79. The number of amides is 1. The highest BCUT2D eigenvalue weighted by molar-refractivity contribution is 6.06. The van der Waals surface area contributed by atoms with Gasteiger partial charge in [-0.1, -0.05) is 42.5 Å². The van der Waals surface area contributed by atoms with Crippen LogP contribution in [0.25, 0.3) is 0 Å². The summed E-state index contributed by atoms with van der Waals surface area (Å²) in [5, 5.41) is 26.2. The summed E-state index contributed by atoms with van der Waals surface area (Å²) in [6.45, 7) is 0.478. The molecule has 35 heavy (non-hydrogen) atoms. The fraction of sp³-hybridized carbons (Fsp3) is 0.240. The van der Waals surface area contributed by atoms with Crippen LogP contribution in [0.5, 0.6) is 5.75 Å². The number of carbonyl (C=O) groups excluding carboxylic acids is 1. The van der Waals surface area contributed by atoms with Gasteiger partial charge in [-0.3, -0.25) is 29.9 Å². The number of fused-ring (bicyclic) bond motifs is 2. The summed E-state index contributed by atoms with van der Waals surface area (Å²) in [5.41, 5.74) is 1.21. The molecule has 2 aliphatic heterocycles. The smallest absolute Gasteiger partial charge is 0.269 e. The van der Waals surface area contributed by atoms with E-state index in [1.807, 2.05) is 0 Å². The van der Waals surface area contributed by atoms with Crippen molar-refractivity contribution in [2.24, 2.45) is 0 Å². The second-order valence-corrected chi connectivity index (χ2v) is 8.77. The fourth-order valence-corrected chi connectivity index (χ4v) is 5.32. The number of anilines is 1. The molecule has 3 aromatic carbocycles. The first-order chi connectivity index (χ1) is 16.8. The van der Waals surface area contributed by atoms with Crippen LogP contribution in [0.1, 0.15) is 22.6 Å². The van der Waals surface area contributed by atoms with Crippen molar-refractivity contribution < 1.29 is 19.4 Å². The first kappa shape index (κ1) is 22.5. The lowest BCUT2D eigenvalue weighted by molar-refractivity contribution is -0.534. The molecule has 2 aliphatic rings. The summed E-state index contributed by atoms with van der Waals surface area (Å²) in [4.78, 5) is 37.5. The molecule has 1 fully saturated rings. The van der Waals surface area contributed by atoms with Crippen molar-refractivity contribution in [1.29, 1.82) is 0 Å². The summed E-state index contributed by atoms with van der Waals surface area (Å²) in [6, 6.07) is 19.1. The van der Waals surface area contributed by atoms with Gasteiger partial charge >= 0.3 is 0 Å². The predicted molar refractivity (Wildman–Crippen MR) is 127 cm³/mol. The molecule has 0 unspecified atom stereocenters. The Morgan fingerprint density at radius 1 is 1.06 bits per heavy atom. The predicted octanol–water partition coefficient (Wildman–Crippen LogP) is 3.70. The number of nitro groups is 2. The Balaban J connectivity index is 1.40. The van der Waals surface area contributed by atoms with Gasteiger partial charge in [-0.25, -0.2) is 0 Å². The minimum atomic E-state index is -1.39. The van der Waals surface area contributed by atoms with Crippen LogP contribution < -0.4 is 10.1 Å². The van der Waals surface area contributed by atoms with Crippen molar-refractivity contribution in [3.8, 4) is 5.75 Å². The SMILES string of the molecule is CN1C[C@H](c2ccc(OCc3cccc([N+](=O)[O-])c3)cc2)[C@H]([N+](=O)[O-])[C@]12C(=O)Nc1ccccc12. The third-order valence-corrected chi connectivity index (χ3v) is 6.88. The third-order valence-electron chi connectivity index (χ3n) is 6.88. The molecule has 0 aliphatic carbocycles. The molecule has 1 N–H and O–H groups in total. The summed E-state index contributed by atoms with van der Waals surface area (Å²) >= 11 is 0. The molecule has 10 nitrogen and oxygen atoms in total. The lowest BCUT2D eigenvalue weighted by Gasteiger charge is -2.30. The Kier molecular flexibility index (Phi) is 5.45. The number of non-ortho nitro benzene ring substituents is 1. The summed E-state index contributed by atoms with van der Waals surface area (Å²) in [5.74, 6) is -0.372. The zero-order valence-corrected chi connectivity index (χ0v) is 18.8. The molecule has 3 atom stereocenters. The number of nitro benzene ring substituents is 1. The second kappa shape index (κ2) is 8.48. The molecule has 0 aromatic heterocycles. The van der Waals surface area contributed by atoms with Crippen LogP contribution >= 0.6 is 0 Å². The number of hydrogen-bond donors (Lipinski definition) is 1. The standard InChI is InChI=1S/C25H22N4O6/c1-27-14-20(23(29(33)34)25(27)21-7-2-3-8-22(21)26-24(25)30)17-9-11-19(12-10-17)35-15-16-5-4-6-18(13-16)28(31)32/h2-13,20,23H,14-15H2,1H3,(H,26,30)/t20-,23+,25-/m1/s1. The van der Waals surface area contributed by atoms with Gasteiger partial charge in [-0.15, -0.1) is 0 Å². The molecule has 1 saturated heterocycles. The van der Waals surface area contributed by atoms with Crippen molar-refractivity contribution >= 4 is 17.3 Å². The van der Waals surface area contributed by atoms with Crippen molar-refractivity contribution in [3.05, 3.63) is 110 Å². The molecule has 5 rings (SSSR count). The van der Waals surface area contributed by atoms with Crippen molar-refractivity contribution in [3.63, 3.8) is 0 Å². The number of rotatable bonds is 6. The van der Waals surface area contributed by atoms with Gasteiger partial charge in [-0.2, -0.15) is 0 Å². The van der Waals surface area contributed by atoms with E-state index in [-0.39, 0.29) is 23.1 Å². The monoisotopic (exact) mass is 474 g/mol. The van der Waals surface area contributed by atoms with Crippen LogP contribution in [0.15, 0.2) is 72.8 Å². The Labute approximate surface area is 200 Å². The average Bonchev–Trinajstić information content (AvgIpc) is 3.33. The molecule has 178 valence electrons.